The van der Waals surface area contributed by atoms with Crippen molar-refractivity contribution in [2.45, 2.75) is 17.3 Å². The molecular formula is C18H15F2N3OS. The number of ketones is 1. The zero-order valence-corrected chi connectivity index (χ0v) is 14.4. The lowest BCUT2D eigenvalue weighted by molar-refractivity contribution is 0.0994. The summed E-state index contributed by atoms with van der Waals surface area (Å²) in [6.07, 6.45) is 0. The third-order valence-corrected chi connectivity index (χ3v) is 4.86. The zero-order chi connectivity index (χ0) is 18.0. The minimum Gasteiger partial charge on any atom is -0.305 e. The maximum Gasteiger partial charge on any atom is 0.191 e. The first-order valence-corrected chi connectivity index (χ1v) is 8.46. The van der Waals surface area contributed by atoms with Crippen LogP contribution >= 0.6 is 11.8 Å². The molecule has 4 nitrogen and oxygen atoms in total. The maximum atomic E-state index is 13.9. The van der Waals surface area contributed by atoms with E-state index in [2.05, 4.69) is 10.2 Å². The van der Waals surface area contributed by atoms with Crippen LogP contribution in [0, 0.1) is 11.6 Å². The van der Waals surface area contributed by atoms with Crippen LogP contribution in [-0.2, 0) is 7.05 Å². The number of carbonyl (C=O) groups excluding carboxylic acids is 1. The number of Topliss-reactive ketones (excluding diaryl/α,β-unsaturated/α-hetero) is 1. The number of rotatable bonds is 5. The smallest absolute Gasteiger partial charge is 0.191 e. The first-order valence-electron chi connectivity index (χ1n) is 7.58. The number of hydrogen-bond donors (Lipinski definition) is 0. The van der Waals surface area contributed by atoms with Crippen molar-refractivity contribution in [3.63, 3.8) is 0 Å². The van der Waals surface area contributed by atoms with Crippen LogP contribution in [0.25, 0.3) is 11.4 Å². The first kappa shape index (κ1) is 17.3. The van der Waals surface area contributed by atoms with Crippen molar-refractivity contribution >= 4 is 17.5 Å². The molecule has 0 N–H and O–H groups in total. The second-order valence-corrected chi connectivity index (χ2v) is 6.78. The van der Waals surface area contributed by atoms with Gasteiger partial charge in [0.2, 0.25) is 0 Å². The molecule has 0 unspecified atom stereocenters. The number of thioether (sulfide) groups is 1. The lowest BCUT2D eigenvalue weighted by atomic mass is 10.1. The third kappa shape index (κ3) is 3.61. The number of halogens is 2. The van der Waals surface area contributed by atoms with Crippen LogP contribution < -0.4 is 0 Å². The molecule has 0 fully saturated rings. The Bertz CT molecular complexity index is 909. The molecule has 0 amide bonds. The van der Waals surface area contributed by atoms with E-state index >= 15 is 0 Å². The molecule has 1 atom stereocenters. The summed E-state index contributed by atoms with van der Waals surface area (Å²) in [4.78, 5) is 12.4. The van der Waals surface area contributed by atoms with Crippen LogP contribution in [0.5, 0.6) is 0 Å². The van der Waals surface area contributed by atoms with E-state index in [9.17, 15) is 13.6 Å². The molecule has 3 aromatic rings. The molecule has 0 aliphatic rings. The summed E-state index contributed by atoms with van der Waals surface area (Å²) in [5, 5.41) is 8.15. The zero-order valence-electron chi connectivity index (χ0n) is 13.6. The highest BCUT2D eigenvalue weighted by Gasteiger charge is 2.21. The third-order valence-electron chi connectivity index (χ3n) is 3.73. The lowest BCUT2D eigenvalue weighted by Gasteiger charge is -2.10. The van der Waals surface area contributed by atoms with Crippen LogP contribution in [0.1, 0.15) is 17.3 Å². The quantitative estimate of drug-likeness (QED) is 0.508. The number of aromatic nitrogens is 3. The van der Waals surface area contributed by atoms with Gasteiger partial charge in [-0.05, 0) is 43.3 Å². The summed E-state index contributed by atoms with van der Waals surface area (Å²) in [6, 6.07) is 11.7. The summed E-state index contributed by atoms with van der Waals surface area (Å²) in [5.41, 5.74) is 0.778. The van der Waals surface area contributed by atoms with Crippen molar-refractivity contribution in [1.82, 2.24) is 14.8 Å². The molecule has 0 saturated carbocycles. The molecule has 0 spiro atoms. The molecule has 1 heterocycles. The predicted molar refractivity (Wildman–Crippen MR) is 92.4 cm³/mol. The summed E-state index contributed by atoms with van der Waals surface area (Å²) < 4.78 is 28.6. The lowest BCUT2D eigenvalue weighted by Crippen LogP contribution is -2.14. The van der Waals surface area contributed by atoms with Gasteiger partial charge in [-0.2, -0.15) is 0 Å². The van der Waals surface area contributed by atoms with Gasteiger partial charge in [-0.25, -0.2) is 8.78 Å². The molecule has 1 aromatic heterocycles. The van der Waals surface area contributed by atoms with Gasteiger partial charge in [-0.15, -0.1) is 10.2 Å². The fourth-order valence-corrected chi connectivity index (χ4v) is 3.25. The fourth-order valence-electron chi connectivity index (χ4n) is 2.36. The molecular weight excluding hydrogens is 344 g/mol. The van der Waals surface area contributed by atoms with Gasteiger partial charge >= 0.3 is 0 Å². The normalized spacial score (nSPS) is 12.2. The standard InChI is InChI=1S/C18H15F2N3OS/c1-11(16(24)12-7-9-13(19)10-8-12)25-18-22-21-17(23(18)2)14-5-3-4-6-15(14)20/h3-11H,1-2H3/t11-/m1/s1. The van der Waals surface area contributed by atoms with Crippen LogP contribution in [0.4, 0.5) is 8.78 Å². The fraction of sp³-hybridized carbons (Fsp3) is 0.167. The molecule has 3 rings (SSSR count). The van der Waals surface area contributed by atoms with Crippen LogP contribution in [-0.4, -0.2) is 25.8 Å². The average molecular weight is 359 g/mol. The van der Waals surface area contributed by atoms with Gasteiger partial charge in [0.25, 0.3) is 0 Å². The second-order valence-electron chi connectivity index (χ2n) is 5.48. The van der Waals surface area contributed by atoms with Crippen LogP contribution in [0.3, 0.4) is 0 Å². The Hall–Kier alpha value is -2.54. The van der Waals surface area contributed by atoms with Crippen LogP contribution in [0.2, 0.25) is 0 Å². The maximum absolute atomic E-state index is 13.9. The van der Waals surface area contributed by atoms with E-state index < -0.39 is 5.25 Å². The van der Waals surface area contributed by atoms with Gasteiger partial charge in [0.15, 0.2) is 16.8 Å². The summed E-state index contributed by atoms with van der Waals surface area (Å²) in [7, 11) is 1.72. The molecule has 128 valence electrons. The van der Waals surface area contributed by atoms with E-state index in [-0.39, 0.29) is 17.4 Å². The monoisotopic (exact) mass is 359 g/mol. The number of hydrogen-bond acceptors (Lipinski definition) is 4. The summed E-state index contributed by atoms with van der Waals surface area (Å²) in [5.74, 6) is -0.521. The highest BCUT2D eigenvalue weighted by atomic mass is 32.2. The highest BCUT2D eigenvalue weighted by Crippen LogP contribution is 2.28. The molecule has 7 heteroatoms. The Labute approximate surface area is 147 Å². The molecule has 2 aromatic carbocycles. The average Bonchev–Trinajstić information content (AvgIpc) is 2.96. The van der Waals surface area contributed by atoms with Crippen molar-refractivity contribution in [3.8, 4) is 11.4 Å². The van der Waals surface area contributed by atoms with Gasteiger partial charge in [-0.3, -0.25) is 4.79 Å². The number of carbonyl (C=O) groups is 1. The second kappa shape index (κ2) is 7.14. The van der Waals surface area contributed by atoms with Crippen molar-refractivity contribution in [2.75, 3.05) is 0 Å². The van der Waals surface area contributed by atoms with E-state index in [1.165, 1.54) is 42.1 Å². The van der Waals surface area contributed by atoms with Gasteiger partial charge in [-0.1, -0.05) is 23.9 Å². The largest absolute Gasteiger partial charge is 0.305 e. The van der Waals surface area contributed by atoms with E-state index in [1.807, 2.05) is 0 Å². The van der Waals surface area contributed by atoms with Gasteiger partial charge < -0.3 is 4.57 Å². The highest BCUT2D eigenvalue weighted by molar-refractivity contribution is 8.00. The Balaban J connectivity index is 1.81. The first-order chi connectivity index (χ1) is 12.0. The number of nitrogens with zero attached hydrogens (tertiary/aromatic N) is 3. The van der Waals surface area contributed by atoms with E-state index in [0.717, 1.165) is 0 Å². The molecule has 0 radical (unpaired) electrons. The van der Waals surface area contributed by atoms with Crippen molar-refractivity contribution in [2.24, 2.45) is 7.05 Å². The summed E-state index contributed by atoms with van der Waals surface area (Å²) in [6.45, 7) is 1.74. The van der Waals surface area contributed by atoms with Crippen molar-refractivity contribution in [3.05, 3.63) is 65.7 Å². The molecule has 0 bridgehead atoms. The Kier molecular flexibility index (Phi) is 4.94. The van der Waals surface area contributed by atoms with Gasteiger partial charge in [0.05, 0.1) is 10.8 Å². The topological polar surface area (TPSA) is 47.8 Å². The van der Waals surface area contributed by atoms with Crippen molar-refractivity contribution in [1.29, 1.82) is 0 Å². The molecule has 25 heavy (non-hydrogen) atoms. The molecule has 0 aliphatic carbocycles. The van der Waals surface area contributed by atoms with E-state index in [4.69, 9.17) is 0 Å². The number of benzene rings is 2. The van der Waals surface area contributed by atoms with E-state index in [0.29, 0.717) is 22.1 Å². The van der Waals surface area contributed by atoms with E-state index in [1.54, 1.807) is 36.7 Å². The van der Waals surface area contributed by atoms with Crippen molar-refractivity contribution < 1.29 is 13.6 Å². The Morgan fingerprint density at radius 1 is 1.08 bits per heavy atom. The molecule has 0 aliphatic heterocycles. The SMILES string of the molecule is C[C@@H](Sc1nnc(-c2ccccc2F)n1C)C(=O)c1ccc(F)cc1. The van der Waals surface area contributed by atoms with Gasteiger partial charge in [0, 0.05) is 12.6 Å². The predicted octanol–water partition coefficient (Wildman–Crippen LogP) is 4.12. The minimum atomic E-state index is -0.443. The summed E-state index contributed by atoms with van der Waals surface area (Å²) >= 11 is 1.22. The molecule has 0 saturated heterocycles. The van der Waals surface area contributed by atoms with Gasteiger partial charge in [0.1, 0.15) is 11.6 Å². The van der Waals surface area contributed by atoms with Crippen LogP contribution in [0.15, 0.2) is 53.7 Å². The Morgan fingerprint density at radius 3 is 2.44 bits per heavy atom. The minimum absolute atomic E-state index is 0.138. The Morgan fingerprint density at radius 2 is 1.76 bits per heavy atom.